The molecule has 0 aliphatic heterocycles. The zero-order valence-electron chi connectivity index (χ0n) is 15.9. The van der Waals surface area contributed by atoms with Crippen LogP contribution in [0.15, 0.2) is 82.3 Å². The minimum absolute atomic E-state index is 0.0512. The van der Waals surface area contributed by atoms with Gasteiger partial charge in [0, 0.05) is 11.4 Å². The van der Waals surface area contributed by atoms with Crippen LogP contribution in [0.25, 0.3) is 0 Å². The summed E-state index contributed by atoms with van der Waals surface area (Å²) in [7, 11) is -3.62. The van der Waals surface area contributed by atoms with E-state index in [-0.39, 0.29) is 17.4 Å². The lowest BCUT2D eigenvalue weighted by atomic mass is 10.2. The Morgan fingerprint density at radius 3 is 2.52 bits per heavy atom. The summed E-state index contributed by atoms with van der Waals surface area (Å²) >= 11 is 1.47. The van der Waals surface area contributed by atoms with E-state index in [0.717, 1.165) is 16.7 Å². The van der Waals surface area contributed by atoms with Crippen LogP contribution in [0.4, 0.5) is 0 Å². The largest absolute Gasteiger partial charge is 0.467 e. The third kappa shape index (κ3) is 6.99. The Labute approximate surface area is 174 Å². The number of carbonyl (C=O) groups is 1. The average Bonchev–Trinajstić information content (AvgIpc) is 3.18. The molecule has 0 radical (unpaired) electrons. The summed E-state index contributed by atoms with van der Waals surface area (Å²) < 4.78 is 33.1. The Balaban J connectivity index is 1.73. The van der Waals surface area contributed by atoms with Crippen molar-refractivity contribution < 1.29 is 21.8 Å². The molecule has 3 aromatic rings. The number of carbonyl (C=O) groups excluding carboxylic acids is 1. The zero-order chi connectivity index (χ0) is 20.7. The third-order valence-corrected chi connectivity index (χ3v) is 5.40. The van der Waals surface area contributed by atoms with E-state index in [4.69, 9.17) is 8.60 Å². The molecule has 2 aromatic carbocycles. The van der Waals surface area contributed by atoms with Crippen LogP contribution in [-0.4, -0.2) is 31.2 Å². The molecule has 1 heterocycles. The first-order chi connectivity index (χ1) is 13.9. The molecule has 0 bridgehead atoms. The number of nitrogens with zero attached hydrogens (tertiary/aromatic N) is 1. The van der Waals surface area contributed by atoms with Crippen molar-refractivity contribution in [1.29, 1.82) is 0 Å². The number of rotatable bonds is 9. The van der Waals surface area contributed by atoms with Gasteiger partial charge in [0.25, 0.3) is 0 Å². The van der Waals surface area contributed by atoms with Gasteiger partial charge in [-0.25, -0.2) is 0 Å². The summed E-state index contributed by atoms with van der Waals surface area (Å²) in [6.45, 7) is 0.619. The fraction of sp³-hybridized carbons (Fsp3) is 0.190. The maximum Gasteiger partial charge on any atom is 0.306 e. The molecule has 0 saturated carbocycles. The van der Waals surface area contributed by atoms with Gasteiger partial charge in [0.1, 0.15) is 11.5 Å². The third-order valence-electron chi connectivity index (χ3n) is 3.90. The predicted octanol–water partition coefficient (Wildman–Crippen LogP) is 3.94. The van der Waals surface area contributed by atoms with Crippen LogP contribution in [-0.2, 0) is 28.0 Å². The van der Waals surface area contributed by atoms with Gasteiger partial charge in [-0.3, -0.25) is 4.79 Å². The van der Waals surface area contributed by atoms with Crippen molar-refractivity contribution in [2.24, 2.45) is 0 Å². The second-order valence-electron chi connectivity index (χ2n) is 6.37. The van der Waals surface area contributed by atoms with E-state index in [1.807, 2.05) is 42.5 Å². The van der Waals surface area contributed by atoms with E-state index >= 15 is 0 Å². The topological polar surface area (TPSA) is 76.8 Å². The summed E-state index contributed by atoms with van der Waals surface area (Å²) in [5.74, 6) is 1.12. The van der Waals surface area contributed by atoms with Crippen LogP contribution in [0, 0.1) is 0 Å². The molecule has 0 saturated heterocycles. The number of thioether (sulfide) groups is 1. The molecule has 8 heteroatoms. The summed E-state index contributed by atoms with van der Waals surface area (Å²) in [4.78, 5) is 15.6. The molecular weight excluding hydrogens is 410 g/mol. The molecule has 0 unspecified atom stereocenters. The van der Waals surface area contributed by atoms with E-state index in [0.29, 0.717) is 18.8 Å². The number of hydrogen-bond donors (Lipinski definition) is 0. The first kappa shape index (κ1) is 21.0. The highest BCUT2D eigenvalue weighted by Gasteiger charge is 2.17. The van der Waals surface area contributed by atoms with Gasteiger partial charge in [-0.15, -0.1) is 11.8 Å². The van der Waals surface area contributed by atoms with Crippen molar-refractivity contribution in [2.45, 2.75) is 18.0 Å². The summed E-state index contributed by atoms with van der Waals surface area (Å²) in [6, 6.07) is 20.0. The van der Waals surface area contributed by atoms with E-state index in [1.54, 1.807) is 35.4 Å². The number of furan rings is 1. The van der Waals surface area contributed by atoms with Gasteiger partial charge in [-0.05, 0) is 42.0 Å². The van der Waals surface area contributed by atoms with E-state index in [2.05, 4.69) is 0 Å². The van der Waals surface area contributed by atoms with Crippen LogP contribution < -0.4 is 4.18 Å². The van der Waals surface area contributed by atoms with Crippen LogP contribution in [0.1, 0.15) is 11.3 Å². The first-order valence-corrected chi connectivity index (χ1v) is 11.7. The minimum atomic E-state index is -3.62. The highest BCUT2D eigenvalue weighted by Crippen LogP contribution is 2.21. The van der Waals surface area contributed by atoms with Crippen molar-refractivity contribution >= 4 is 27.8 Å². The maximum absolute atomic E-state index is 12.9. The van der Waals surface area contributed by atoms with Crippen LogP contribution >= 0.6 is 11.8 Å². The van der Waals surface area contributed by atoms with Crippen molar-refractivity contribution in [1.82, 2.24) is 4.90 Å². The van der Waals surface area contributed by atoms with E-state index in [9.17, 15) is 13.2 Å². The number of benzene rings is 2. The molecule has 0 aliphatic carbocycles. The van der Waals surface area contributed by atoms with Crippen LogP contribution in [0.3, 0.4) is 0 Å². The predicted molar refractivity (Wildman–Crippen MR) is 112 cm³/mol. The van der Waals surface area contributed by atoms with Crippen molar-refractivity contribution in [3.63, 3.8) is 0 Å². The maximum atomic E-state index is 12.9. The van der Waals surface area contributed by atoms with E-state index < -0.39 is 10.1 Å². The highest BCUT2D eigenvalue weighted by molar-refractivity contribution is 8.00. The van der Waals surface area contributed by atoms with Crippen molar-refractivity contribution in [3.8, 4) is 5.75 Å². The molecule has 0 aliphatic rings. The quantitative estimate of drug-likeness (QED) is 0.377. The Morgan fingerprint density at radius 2 is 1.83 bits per heavy atom. The molecule has 1 amide bonds. The summed E-state index contributed by atoms with van der Waals surface area (Å²) in [5.41, 5.74) is 0.760. The van der Waals surface area contributed by atoms with Gasteiger partial charge in [0.2, 0.25) is 5.91 Å². The lowest BCUT2D eigenvalue weighted by Crippen LogP contribution is -2.31. The molecule has 1 aromatic heterocycles. The first-order valence-electron chi connectivity index (χ1n) is 8.85. The van der Waals surface area contributed by atoms with Crippen molar-refractivity contribution in [3.05, 3.63) is 84.3 Å². The highest BCUT2D eigenvalue weighted by atomic mass is 32.2. The van der Waals surface area contributed by atoms with Gasteiger partial charge in [-0.2, -0.15) is 8.42 Å². The van der Waals surface area contributed by atoms with Gasteiger partial charge in [0.15, 0.2) is 0 Å². The molecular formula is C21H21NO5S2. The van der Waals surface area contributed by atoms with Crippen molar-refractivity contribution in [2.75, 3.05) is 12.0 Å². The number of amides is 1. The Bertz CT molecular complexity index is 1030. The summed E-state index contributed by atoms with van der Waals surface area (Å²) in [6.07, 6.45) is 2.56. The SMILES string of the molecule is CS(=O)(=O)Oc1cccc(CN(Cc2ccco2)C(=O)CSc2ccccc2)c1. The van der Waals surface area contributed by atoms with E-state index in [1.165, 1.54) is 11.8 Å². The second-order valence-corrected chi connectivity index (χ2v) is 8.99. The Kier molecular flexibility index (Phi) is 7.00. The Hall–Kier alpha value is -2.71. The smallest absolute Gasteiger partial charge is 0.306 e. The number of hydrogen-bond acceptors (Lipinski definition) is 6. The molecule has 6 nitrogen and oxygen atoms in total. The van der Waals surface area contributed by atoms with Gasteiger partial charge < -0.3 is 13.5 Å². The second kappa shape index (κ2) is 9.67. The average molecular weight is 432 g/mol. The van der Waals surface area contributed by atoms with Crippen LogP contribution in [0.2, 0.25) is 0 Å². The lowest BCUT2D eigenvalue weighted by molar-refractivity contribution is -0.129. The van der Waals surface area contributed by atoms with Crippen LogP contribution in [0.5, 0.6) is 5.75 Å². The molecule has 3 rings (SSSR count). The van der Waals surface area contributed by atoms with Gasteiger partial charge in [0.05, 0.1) is 24.8 Å². The fourth-order valence-corrected chi connectivity index (χ4v) is 3.94. The zero-order valence-corrected chi connectivity index (χ0v) is 17.5. The normalized spacial score (nSPS) is 11.2. The monoisotopic (exact) mass is 431 g/mol. The Morgan fingerprint density at radius 1 is 1.03 bits per heavy atom. The molecule has 29 heavy (non-hydrogen) atoms. The molecule has 0 spiro atoms. The molecule has 0 atom stereocenters. The van der Waals surface area contributed by atoms with Gasteiger partial charge in [-0.1, -0.05) is 30.3 Å². The molecule has 0 N–H and O–H groups in total. The lowest BCUT2D eigenvalue weighted by Gasteiger charge is -2.22. The minimum Gasteiger partial charge on any atom is -0.467 e. The summed E-state index contributed by atoms with van der Waals surface area (Å²) in [5, 5.41) is 0. The molecule has 152 valence electrons. The fourth-order valence-electron chi connectivity index (χ4n) is 2.67. The standard InChI is InChI=1S/C21H21NO5S2/c1-29(24,25)27-18-8-5-7-17(13-18)14-22(15-19-9-6-12-26-19)21(23)16-28-20-10-3-2-4-11-20/h2-13H,14-16H2,1H3. The van der Waals surface area contributed by atoms with Gasteiger partial charge >= 0.3 is 10.1 Å². The molecule has 0 fully saturated rings.